The number of nitriles is 1. The molecule has 0 spiro atoms. The van der Waals surface area contributed by atoms with Gasteiger partial charge in [-0.25, -0.2) is 4.79 Å². The molecular weight excluding hydrogens is 254 g/mol. The highest BCUT2D eigenvalue weighted by atomic mass is 16.6. The molecule has 2 aliphatic rings. The van der Waals surface area contributed by atoms with Crippen LogP contribution < -0.4 is 5.32 Å². The van der Waals surface area contributed by atoms with Crippen molar-refractivity contribution in [3.05, 3.63) is 0 Å². The summed E-state index contributed by atoms with van der Waals surface area (Å²) < 4.78 is 5.02. The van der Waals surface area contributed by atoms with Crippen LogP contribution in [0.5, 0.6) is 0 Å². The monoisotopic (exact) mass is 279 g/mol. The quantitative estimate of drug-likeness (QED) is 0.861. The normalized spacial score (nSPS) is 23.1. The smallest absolute Gasteiger partial charge is 0.409 e. The highest BCUT2D eigenvalue weighted by molar-refractivity contribution is 5.67. The van der Waals surface area contributed by atoms with Gasteiger partial charge in [0.15, 0.2) is 0 Å². The number of nitrogens with zero attached hydrogens (tertiary/aromatic N) is 2. The molecule has 0 aromatic carbocycles. The Morgan fingerprint density at radius 3 is 2.55 bits per heavy atom. The summed E-state index contributed by atoms with van der Waals surface area (Å²) in [4.78, 5) is 13.4. The summed E-state index contributed by atoms with van der Waals surface area (Å²) in [6.45, 7) is 3.69. The van der Waals surface area contributed by atoms with Gasteiger partial charge in [0.2, 0.25) is 0 Å². The molecule has 0 unspecified atom stereocenters. The van der Waals surface area contributed by atoms with Crippen molar-refractivity contribution in [2.45, 2.75) is 63.5 Å². The van der Waals surface area contributed by atoms with Crippen LogP contribution in [0.25, 0.3) is 0 Å². The van der Waals surface area contributed by atoms with Gasteiger partial charge in [0.05, 0.1) is 12.7 Å². The third kappa shape index (κ3) is 3.63. The van der Waals surface area contributed by atoms with Crippen molar-refractivity contribution in [3.63, 3.8) is 0 Å². The first kappa shape index (κ1) is 15.1. The third-order valence-electron chi connectivity index (χ3n) is 4.42. The number of hydrogen-bond acceptors (Lipinski definition) is 4. The summed E-state index contributed by atoms with van der Waals surface area (Å²) in [6, 6.07) is 2.85. The fourth-order valence-electron chi connectivity index (χ4n) is 3.26. The molecule has 1 aliphatic heterocycles. The first-order valence-electron chi connectivity index (χ1n) is 7.80. The van der Waals surface area contributed by atoms with Gasteiger partial charge in [0.1, 0.15) is 5.54 Å². The van der Waals surface area contributed by atoms with Gasteiger partial charge in [-0.05, 0) is 32.6 Å². The molecule has 1 heterocycles. The van der Waals surface area contributed by atoms with Crippen LogP contribution >= 0.6 is 0 Å². The van der Waals surface area contributed by atoms with Gasteiger partial charge in [-0.15, -0.1) is 0 Å². The van der Waals surface area contributed by atoms with Crippen LogP contribution in [0.15, 0.2) is 0 Å². The van der Waals surface area contributed by atoms with Crippen molar-refractivity contribution >= 4 is 6.09 Å². The van der Waals surface area contributed by atoms with E-state index >= 15 is 0 Å². The topological polar surface area (TPSA) is 65.4 Å². The van der Waals surface area contributed by atoms with Gasteiger partial charge < -0.3 is 9.64 Å². The maximum absolute atomic E-state index is 11.6. The van der Waals surface area contributed by atoms with Crippen LogP contribution in [-0.2, 0) is 4.74 Å². The van der Waals surface area contributed by atoms with Gasteiger partial charge in [0.25, 0.3) is 0 Å². The first-order chi connectivity index (χ1) is 9.69. The molecule has 1 saturated carbocycles. The van der Waals surface area contributed by atoms with Gasteiger partial charge in [0, 0.05) is 19.1 Å². The van der Waals surface area contributed by atoms with Crippen LogP contribution in [0.1, 0.15) is 51.9 Å². The Labute approximate surface area is 121 Å². The fraction of sp³-hybridized carbons (Fsp3) is 0.867. The van der Waals surface area contributed by atoms with Crippen molar-refractivity contribution < 1.29 is 9.53 Å². The molecule has 5 heteroatoms. The van der Waals surface area contributed by atoms with Crippen molar-refractivity contribution in [2.75, 3.05) is 19.7 Å². The molecular formula is C15H25N3O2. The second-order valence-electron chi connectivity index (χ2n) is 5.86. The molecule has 112 valence electrons. The van der Waals surface area contributed by atoms with E-state index in [1.54, 1.807) is 4.90 Å². The maximum Gasteiger partial charge on any atom is 0.409 e. The van der Waals surface area contributed by atoms with Crippen molar-refractivity contribution in [2.24, 2.45) is 0 Å². The van der Waals surface area contributed by atoms with Crippen LogP contribution in [0.2, 0.25) is 0 Å². The SMILES string of the molecule is CCOC(=O)N1CCC(NC2(C#N)CCCCC2)CC1. The lowest BCUT2D eigenvalue weighted by atomic mass is 9.81. The largest absolute Gasteiger partial charge is 0.450 e. The molecule has 20 heavy (non-hydrogen) atoms. The molecule has 0 bridgehead atoms. The molecule has 0 atom stereocenters. The Kier molecular flexibility index (Phi) is 5.24. The van der Waals surface area contributed by atoms with Gasteiger partial charge in [-0.3, -0.25) is 5.32 Å². The molecule has 1 aliphatic carbocycles. The minimum Gasteiger partial charge on any atom is -0.450 e. The van der Waals surface area contributed by atoms with E-state index < -0.39 is 0 Å². The lowest BCUT2D eigenvalue weighted by Gasteiger charge is -2.39. The number of hydrogen-bond donors (Lipinski definition) is 1. The highest BCUT2D eigenvalue weighted by Crippen LogP contribution is 2.29. The number of likely N-dealkylation sites (tertiary alicyclic amines) is 1. The summed E-state index contributed by atoms with van der Waals surface area (Å²) >= 11 is 0. The molecule has 0 aromatic rings. The number of amides is 1. The number of ether oxygens (including phenoxy) is 1. The summed E-state index contributed by atoms with van der Waals surface area (Å²) in [7, 11) is 0. The Morgan fingerprint density at radius 2 is 2.00 bits per heavy atom. The van der Waals surface area contributed by atoms with E-state index in [-0.39, 0.29) is 11.6 Å². The van der Waals surface area contributed by atoms with Crippen LogP contribution in [-0.4, -0.2) is 42.3 Å². The lowest BCUT2D eigenvalue weighted by molar-refractivity contribution is 0.0919. The van der Waals surface area contributed by atoms with E-state index in [0.29, 0.717) is 12.6 Å². The van der Waals surface area contributed by atoms with Gasteiger partial charge in [-0.1, -0.05) is 19.3 Å². The molecule has 2 rings (SSSR count). The summed E-state index contributed by atoms with van der Waals surface area (Å²) in [5.74, 6) is 0. The Morgan fingerprint density at radius 1 is 1.35 bits per heavy atom. The number of carbonyl (C=O) groups is 1. The standard InChI is InChI=1S/C15H25N3O2/c1-2-20-14(19)18-10-6-13(7-11-18)17-15(12-16)8-4-3-5-9-15/h13,17H,2-11H2,1H3. The van der Waals surface area contributed by atoms with E-state index in [0.717, 1.165) is 51.6 Å². The van der Waals surface area contributed by atoms with E-state index in [9.17, 15) is 10.1 Å². The second kappa shape index (κ2) is 6.94. The van der Waals surface area contributed by atoms with E-state index in [2.05, 4.69) is 11.4 Å². The first-order valence-corrected chi connectivity index (χ1v) is 7.80. The average Bonchev–Trinajstić information content (AvgIpc) is 2.49. The molecule has 5 nitrogen and oxygen atoms in total. The van der Waals surface area contributed by atoms with Gasteiger partial charge >= 0.3 is 6.09 Å². The minimum absolute atomic E-state index is 0.210. The highest BCUT2D eigenvalue weighted by Gasteiger charge is 2.35. The molecule has 2 fully saturated rings. The van der Waals surface area contributed by atoms with Gasteiger partial charge in [-0.2, -0.15) is 5.26 Å². The van der Waals surface area contributed by atoms with Crippen molar-refractivity contribution in [3.8, 4) is 6.07 Å². The number of rotatable bonds is 3. The minimum atomic E-state index is -0.324. The fourth-order valence-corrected chi connectivity index (χ4v) is 3.26. The zero-order valence-corrected chi connectivity index (χ0v) is 12.4. The van der Waals surface area contributed by atoms with E-state index in [1.807, 2.05) is 6.92 Å². The second-order valence-corrected chi connectivity index (χ2v) is 5.86. The van der Waals surface area contributed by atoms with Crippen LogP contribution in [0.3, 0.4) is 0 Å². The molecule has 1 saturated heterocycles. The van der Waals surface area contributed by atoms with E-state index in [1.165, 1.54) is 6.42 Å². The van der Waals surface area contributed by atoms with Crippen LogP contribution in [0, 0.1) is 11.3 Å². The number of piperidine rings is 1. The lowest BCUT2D eigenvalue weighted by Crippen LogP contribution is -2.54. The Balaban J connectivity index is 1.82. The predicted molar refractivity (Wildman–Crippen MR) is 76.2 cm³/mol. The summed E-state index contributed by atoms with van der Waals surface area (Å²) in [5, 5.41) is 13.1. The summed E-state index contributed by atoms with van der Waals surface area (Å²) in [6.07, 6.45) is 7.04. The average molecular weight is 279 g/mol. The van der Waals surface area contributed by atoms with E-state index in [4.69, 9.17) is 4.74 Å². The maximum atomic E-state index is 11.6. The van der Waals surface area contributed by atoms with Crippen LogP contribution in [0.4, 0.5) is 4.79 Å². The number of nitrogens with one attached hydrogen (secondary N) is 1. The molecule has 0 radical (unpaired) electrons. The Hall–Kier alpha value is -1.28. The third-order valence-corrected chi connectivity index (χ3v) is 4.42. The Bertz CT molecular complexity index is 364. The zero-order chi connectivity index (χ0) is 14.4. The summed E-state index contributed by atoms with van der Waals surface area (Å²) in [5.41, 5.74) is -0.324. The number of carbonyl (C=O) groups excluding carboxylic acids is 1. The van der Waals surface area contributed by atoms with Crippen molar-refractivity contribution in [1.82, 2.24) is 10.2 Å². The molecule has 1 amide bonds. The molecule has 0 aromatic heterocycles. The van der Waals surface area contributed by atoms with Crippen molar-refractivity contribution in [1.29, 1.82) is 5.26 Å². The molecule has 1 N–H and O–H groups in total. The predicted octanol–water partition coefficient (Wildman–Crippen LogP) is 2.42. The zero-order valence-electron chi connectivity index (χ0n) is 12.4.